The van der Waals surface area contributed by atoms with Gasteiger partial charge in [0.15, 0.2) is 5.78 Å². The normalized spacial score (nSPS) is 11.2. The van der Waals surface area contributed by atoms with Crippen molar-refractivity contribution in [3.8, 4) is 16.9 Å². The van der Waals surface area contributed by atoms with Crippen LogP contribution < -0.4 is 5.32 Å². The Bertz CT molecular complexity index is 1540. The van der Waals surface area contributed by atoms with Crippen molar-refractivity contribution in [3.05, 3.63) is 150 Å². The second-order valence-corrected chi connectivity index (χ2v) is 8.87. The molecule has 0 unspecified atom stereocenters. The molecule has 5 heteroatoms. The standard InChI is InChI=1S/C33H27N3O2/c37-31(22-21-25-13-5-1-6-14-25)30(34-33(38)27-17-9-3-10-18-27)23-28-24-36(29-19-11-4-12-20-29)35-32(28)26-15-7-2-8-16-26/h1-20,23-24H,21-22H2,(H,34,38)/b30-23+. The molecule has 1 N–H and O–H groups in total. The topological polar surface area (TPSA) is 64.0 Å². The van der Waals surface area contributed by atoms with Crippen molar-refractivity contribution in [1.82, 2.24) is 15.1 Å². The second kappa shape index (κ2) is 11.8. The van der Waals surface area contributed by atoms with Crippen molar-refractivity contribution in [1.29, 1.82) is 0 Å². The van der Waals surface area contributed by atoms with Gasteiger partial charge in [-0.2, -0.15) is 5.10 Å². The number of para-hydroxylation sites is 1. The number of benzene rings is 4. The number of carbonyl (C=O) groups excluding carboxylic acids is 2. The van der Waals surface area contributed by atoms with E-state index in [9.17, 15) is 9.59 Å². The van der Waals surface area contributed by atoms with E-state index in [1.54, 1.807) is 35.0 Å². The quantitative estimate of drug-likeness (QED) is 0.236. The monoisotopic (exact) mass is 497 g/mol. The molecule has 0 radical (unpaired) electrons. The van der Waals surface area contributed by atoms with Gasteiger partial charge in [0.2, 0.25) is 0 Å². The first-order valence-electron chi connectivity index (χ1n) is 12.5. The van der Waals surface area contributed by atoms with Gasteiger partial charge in [0.25, 0.3) is 5.91 Å². The van der Waals surface area contributed by atoms with E-state index < -0.39 is 0 Å². The molecule has 0 aliphatic rings. The van der Waals surface area contributed by atoms with E-state index >= 15 is 0 Å². The SMILES string of the molecule is O=C(CCc1ccccc1)/C(=C\c1cn(-c2ccccc2)nc1-c1ccccc1)NC(=O)c1ccccc1. The van der Waals surface area contributed by atoms with Crippen LogP contribution in [-0.4, -0.2) is 21.5 Å². The van der Waals surface area contributed by atoms with Crippen molar-refractivity contribution < 1.29 is 9.59 Å². The molecule has 0 spiro atoms. The van der Waals surface area contributed by atoms with Crippen LogP contribution in [-0.2, 0) is 11.2 Å². The number of amides is 1. The smallest absolute Gasteiger partial charge is 0.255 e. The van der Waals surface area contributed by atoms with Crippen LogP contribution in [0.3, 0.4) is 0 Å². The zero-order valence-corrected chi connectivity index (χ0v) is 20.8. The number of aryl methyl sites for hydroxylation is 1. The van der Waals surface area contributed by atoms with Crippen LogP contribution >= 0.6 is 0 Å². The summed E-state index contributed by atoms with van der Waals surface area (Å²) in [5.74, 6) is -0.480. The average Bonchev–Trinajstić information content (AvgIpc) is 3.41. The lowest BCUT2D eigenvalue weighted by molar-refractivity contribution is -0.115. The summed E-state index contributed by atoms with van der Waals surface area (Å²) in [6.07, 6.45) is 4.46. The van der Waals surface area contributed by atoms with Crippen LogP contribution in [0.1, 0.15) is 27.9 Å². The maximum atomic E-state index is 13.5. The summed E-state index contributed by atoms with van der Waals surface area (Å²) >= 11 is 0. The summed E-state index contributed by atoms with van der Waals surface area (Å²) in [5, 5.41) is 7.72. The minimum Gasteiger partial charge on any atom is -0.319 e. The van der Waals surface area contributed by atoms with E-state index in [4.69, 9.17) is 5.10 Å². The Balaban J connectivity index is 1.54. The predicted molar refractivity (Wildman–Crippen MR) is 151 cm³/mol. The van der Waals surface area contributed by atoms with Crippen molar-refractivity contribution in [2.45, 2.75) is 12.8 Å². The first-order chi connectivity index (χ1) is 18.7. The summed E-state index contributed by atoms with van der Waals surface area (Å²) in [4.78, 5) is 26.6. The minimum atomic E-state index is -0.332. The summed E-state index contributed by atoms with van der Waals surface area (Å²) in [6, 6.07) is 38.4. The van der Waals surface area contributed by atoms with E-state index in [-0.39, 0.29) is 23.8 Å². The molecule has 5 nitrogen and oxygen atoms in total. The van der Waals surface area contributed by atoms with Crippen LogP contribution in [0.4, 0.5) is 0 Å². The summed E-state index contributed by atoms with van der Waals surface area (Å²) in [6.45, 7) is 0. The van der Waals surface area contributed by atoms with Gasteiger partial charge in [0.1, 0.15) is 5.69 Å². The maximum Gasteiger partial charge on any atom is 0.255 e. The number of carbonyl (C=O) groups is 2. The van der Waals surface area contributed by atoms with Gasteiger partial charge in [0, 0.05) is 29.3 Å². The average molecular weight is 498 g/mol. The zero-order valence-electron chi connectivity index (χ0n) is 20.8. The van der Waals surface area contributed by atoms with E-state index in [0.717, 1.165) is 28.1 Å². The van der Waals surface area contributed by atoms with Crippen molar-refractivity contribution in [2.24, 2.45) is 0 Å². The zero-order chi connectivity index (χ0) is 26.2. The fourth-order valence-corrected chi connectivity index (χ4v) is 4.19. The highest BCUT2D eigenvalue weighted by Gasteiger charge is 2.18. The first-order valence-corrected chi connectivity index (χ1v) is 12.5. The number of nitrogens with zero attached hydrogens (tertiary/aromatic N) is 2. The van der Waals surface area contributed by atoms with Gasteiger partial charge < -0.3 is 5.32 Å². The molecule has 4 aromatic carbocycles. The number of allylic oxidation sites excluding steroid dienone is 1. The number of hydrogen-bond donors (Lipinski definition) is 1. The van der Waals surface area contributed by atoms with E-state index in [1.165, 1.54) is 0 Å². The first kappa shape index (κ1) is 24.7. The van der Waals surface area contributed by atoms with Gasteiger partial charge >= 0.3 is 0 Å². The Kier molecular flexibility index (Phi) is 7.66. The third kappa shape index (κ3) is 6.02. The number of hydrogen-bond acceptors (Lipinski definition) is 3. The molecule has 1 amide bonds. The molecule has 0 aliphatic carbocycles. The molecule has 0 fully saturated rings. The number of ketones is 1. The highest BCUT2D eigenvalue weighted by Crippen LogP contribution is 2.26. The molecule has 0 saturated heterocycles. The molecular formula is C33H27N3O2. The molecule has 1 aromatic heterocycles. The lowest BCUT2D eigenvalue weighted by Crippen LogP contribution is -2.27. The largest absolute Gasteiger partial charge is 0.319 e. The van der Waals surface area contributed by atoms with Gasteiger partial charge in [-0.3, -0.25) is 9.59 Å². The number of Topliss-reactive ketones (excluding diaryl/α,β-unsaturated/α-hetero) is 1. The molecule has 186 valence electrons. The van der Waals surface area contributed by atoms with E-state index in [0.29, 0.717) is 12.0 Å². The Morgan fingerprint density at radius 1 is 0.737 bits per heavy atom. The molecule has 0 atom stereocenters. The van der Waals surface area contributed by atoms with Crippen molar-refractivity contribution in [3.63, 3.8) is 0 Å². The van der Waals surface area contributed by atoms with Crippen molar-refractivity contribution >= 4 is 17.8 Å². The van der Waals surface area contributed by atoms with Gasteiger partial charge in [-0.25, -0.2) is 4.68 Å². The van der Waals surface area contributed by atoms with Crippen LogP contribution in [0.25, 0.3) is 23.0 Å². The van der Waals surface area contributed by atoms with Gasteiger partial charge in [-0.1, -0.05) is 97.1 Å². The number of aromatic nitrogens is 2. The van der Waals surface area contributed by atoms with Crippen LogP contribution in [0, 0.1) is 0 Å². The molecule has 0 saturated carbocycles. The van der Waals surface area contributed by atoms with E-state index in [1.807, 2.05) is 103 Å². The van der Waals surface area contributed by atoms with Gasteiger partial charge in [-0.15, -0.1) is 0 Å². The van der Waals surface area contributed by atoms with Crippen LogP contribution in [0.15, 0.2) is 133 Å². The molecule has 5 rings (SSSR count). The molecule has 0 aliphatic heterocycles. The summed E-state index contributed by atoms with van der Waals surface area (Å²) in [7, 11) is 0. The highest BCUT2D eigenvalue weighted by atomic mass is 16.2. The molecule has 1 heterocycles. The second-order valence-electron chi connectivity index (χ2n) is 8.87. The summed E-state index contributed by atoms with van der Waals surface area (Å²) in [5.41, 5.74) is 5.05. The third-order valence-electron chi connectivity index (χ3n) is 6.18. The molecule has 0 bridgehead atoms. The van der Waals surface area contributed by atoms with Crippen molar-refractivity contribution in [2.75, 3.05) is 0 Å². The Hall–Kier alpha value is -5.03. The van der Waals surface area contributed by atoms with Crippen LogP contribution in [0.5, 0.6) is 0 Å². The van der Waals surface area contributed by atoms with E-state index in [2.05, 4.69) is 5.32 Å². The fraction of sp³-hybridized carbons (Fsp3) is 0.0606. The lowest BCUT2D eigenvalue weighted by atomic mass is 10.0. The number of rotatable bonds is 9. The summed E-state index contributed by atoms with van der Waals surface area (Å²) < 4.78 is 1.79. The fourth-order valence-electron chi connectivity index (χ4n) is 4.19. The van der Waals surface area contributed by atoms with Gasteiger partial charge in [-0.05, 0) is 42.3 Å². The third-order valence-corrected chi connectivity index (χ3v) is 6.18. The highest BCUT2D eigenvalue weighted by molar-refractivity contribution is 6.06. The predicted octanol–water partition coefficient (Wildman–Crippen LogP) is 6.51. The van der Waals surface area contributed by atoms with Crippen LogP contribution in [0.2, 0.25) is 0 Å². The molecule has 5 aromatic rings. The Labute approximate surface area is 222 Å². The Morgan fingerprint density at radius 2 is 1.32 bits per heavy atom. The van der Waals surface area contributed by atoms with Gasteiger partial charge in [0.05, 0.1) is 11.4 Å². The minimum absolute atomic E-state index is 0.149. The maximum absolute atomic E-state index is 13.5. The number of nitrogens with one attached hydrogen (secondary N) is 1. The molecule has 38 heavy (non-hydrogen) atoms. The molecular weight excluding hydrogens is 470 g/mol. The lowest BCUT2D eigenvalue weighted by Gasteiger charge is -2.10. The Morgan fingerprint density at radius 3 is 1.97 bits per heavy atom.